The van der Waals surface area contributed by atoms with E-state index in [-0.39, 0.29) is 6.10 Å². The number of benzene rings is 3. The van der Waals surface area contributed by atoms with Gasteiger partial charge in [0.1, 0.15) is 6.10 Å². The van der Waals surface area contributed by atoms with Crippen LogP contribution in [0.3, 0.4) is 0 Å². The van der Waals surface area contributed by atoms with Gasteiger partial charge in [-0.2, -0.15) is 0 Å². The SMILES string of the molecule is CO[Si](OC)(OC(c1ccccc1)c1ccccc1)c1ccccc1. The zero-order valence-corrected chi connectivity index (χ0v) is 15.5. The van der Waals surface area contributed by atoms with Gasteiger partial charge in [-0.3, -0.25) is 0 Å². The zero-order chi connectivity index (χ0) is 17.5. The first-order chi connectivity index (χ1) is 12.3. The van der Waals surface area contributed by atoms with Crippen LogP contribution in [-0.2, 0) is 13.3 Å². The van der Waals surface area contributed by atoms with Crippen molar-refractivity contribution >= 4 is 14.0 Å². The first kappa shape index (κ1) is 17.6. The van der Waals surface area contributed by atoms with Crippen molar-refractivity contribution in [3.63, 3.8) is 0 Å². The van der Waals surface area contributed by atoms with Gasteiger partial charge in [0.15, 0.2) is 0 Å². The molecule has 0 aromatic heterocycles. The normalized spacial score (nSPS) is 11.6. The van der Waals surface area contributed by atoms with Gasteiger partial charge >= 0.3 is 8.80 Å². The molecule has 128 valence electrons. The van der Waals surface area contributed by atoms with E-state index in [4.69, 9.17) is 13.3 Å². The second kappa shape index (κ2) is 8.23. The molecule has 0 aliphatic carbocycles. The van der Waals surface area contributed by atoms with Gasteiger partial charge in [-0.25, -0.2) is 0 Å². The third-order valence-corrected chi connectivity index (χ3v) is 6.80. The van der Waals surface area contributed by atoms with Crippen LogP contribution in [0.5, 0.6) is 0 Å². The molecule has 25 heavy (non-hydrogen) atoms. The van der Waals surface area contributed by atoms with E-state index in [1.807, 2.05) is 66.7 Å². The highest BCUT2D eigenvalue weighted by Crippen LogP contribution is 2.29. The van der Waals surface area contributed by atoms with Gasteiger partial charge in [0, 0.05) is 19.4 Å². The molecule has 0 spiro atoms. The molecule has 0 aliphatic heterocycles. The van der Waals surface area contributed by atoms with Crippen molar-refractivity contribution in [2.45, 2.75) is 6.10 Å². The average molecular weight is 350 g/mol. The van der Waals surface area contributed by atoms with E-state index in [9.17, 15) is 0 Å². The summed E-state index contributed by atoms with van der Waals surface area (Å²) in [6, 6.07) is 30.2. The largest absolute Gasteiger partial charge is 0.537 e. The number of hydrogen-bond donors (Lipinski definition) is 0. The first-order valence-corrected chi connectivity index (χ1v) is 9.95. The van der Waals surface area contributed by atoms with Crippen LogP contribution in [0.25, 0.3) is 0 Å². The van der Waals surface area contributed by atoms with Crippen LogP contribution in [-0.4, -0.2) is 23.0 Å². The van der Waals surface area contributed by atoms with Crippen LogP contribution < -0.4 is 5.19 Å². The predicted octanol–water partition coefficient (Wildman–Crippen LogP) is 3.93. The van der Waals surface area contributed by atoms with E-state index in [0.717, 1.165) is 16.3 Å². The van der Waals surface area contributed by atoms with Crippen molar-refractivity contribution in [1.82, 2.24) is 0 Å². The van der Waals surface area contributed by atoms with Crippen LogP contribution in [0.1, 0.15) is 17.2 Å². The molecule has 0 saturated carbocycles. The van der Waals surface area contributed by atoms with Crippen molar-refractivity contribution < 1.29 is 13.3 Å². The fourth-order valence-corrected chi connectivity index (χ4v) is 5.01. The summed E-state index contributed by atoms with van der Waals surface area (Å²) in [5.41, 5.74) is 2.13. The van der Waals surface area contributed by atoms with Crippen LogP contribution in [0, 0.1) is 0 Å². The minimum Gasteiger partial charge on any atom is -0.373 e. The average Bonchev–Trinajstić information content (AvgIpc) is 2.71. The Morgan fingerprint density at radius 1 is 0.600 bits per heavy atom. The van der Waals surface area contributed by atoms with E-state index in [1.54, 1.807) is 14.2 Å². The maximum absolute atomic E-state index is 6.59. The molecule has 3 nitrogen and oxygen atoms in total. The standard InChI is InChI=1S/C21H22O3Si/c1-22-25(23-2,20-16-10-5-11-17-20)24-21(18-12-6-3-7-13-18)19-14-8-4-9-15-19/h3-17,21H,1-2H3. The second-order valence-corrected chi connectivity index (χ2v) is 8.39. The topological polar surface area (TPSA) is 27.7 Å². The Morgan fingerprint density at radius 2 is 1.00 bits per heavy atom. The maximum atomic E-state index is 6.59. The van der Waals surface area contributed by atoms with Crippen molar-refractivity contribution in [2.75, 3.05) is 14.2 Å². The van der Waals surface area contributed by atoms with Gasteiger partial charge in [0.25, 0.3) is 0 Å². The van der Waals surface area contributed by atoms with Crippen molar-refractivity contribution in [3.05, 3.63) is 102 Å². The van der Waals surface area contributed by atoms with E-state index in [0.29, 0.717) is 0 Å². The van der Waals surface area contributed by atoms with Gasteiger partial charge < -0.3 is 13.3 Å². The summed E-state index contributed by atoms with van der Waals surface area (Å²) in [7, 11) is 0.249. The molecule has 0 N–H and O–H groups in total. The quantitative estimate of drug-likeness (QED) is 0.604. The van der Waals surface area contributed by atoms with E-state index >= 15 is 0 Å². The van der Waals surface area contributed by atoms with Gasteiger partial charge in [0.05, 0.1) is 0 Å². The molecule has 0 unspecified atom stereocenters. The third kappa shape index (κ3) is 3.88. The molecule has 0 fully saturated rings. The van der Waals surface area contributed by atoms with Crippen molar-refractivity contribution in [2.24, 2.45) is 0 Å². The number of hydrogen-bond acceptors (Lipinski definition) is 3. The fourth-order valence-electron chi connectivity index (χ4n) is 2.86. The molecule has 0 atom stereocenters. The monoisotopic (exact) mass is 350 g/mol. The minimum atomic E-state index is -3.05. The predicted molar refractivity (Wildman–Crippen MR) is 102 cm³/mol. The Morgan fingerprint density at radius 3 is 1.40 bits per heavy atom. The molecule has 0 radical (unpaired) electrons. The molecular formula is C21H22O3Si. The van der Waals surface area contributed by atoms with Crippen molar-refractivity contribution in [1.29, 1.82) is 0 Å². The van der Waals surface area contributed by atoms with E-state index < -0.39 is 8.80 Å². The summed E-state index contributed by atoms with van der Waals surface area (Å²) in [4.78, 5) is 0. The fraction of sp³-hybridized carbons (Fsp3) is 0.143. The lowest BCUT2D eigenvalue weighted by molar-refractivity contribution is 0.0844. The van der Waals surface area contributed by atoms with Gasteiger partial charge in [-0.05, 0) is 11.1 Å². The lowest BCUT2D eigenvalue weighted by Crippen LogP contribution is -2.56. The van der Waals surface area contributed by atoms with Crippen LogP contribution in [0.4, 0.5) is 0 Å². The summed E-state index contributed by atoms with van der Waals surface area (Å²) >= 11 is 0. The second-order valence-electron chi connectivity index (χ2n) is 5.65. The van der Waals surface area contributed by atoms with Gasteiger partial charge in [0.2, 0.25) is 0 Å². The molecule has 3 rings (SSSR count). The van der Waals surface area contributed by atoms with Crippen LogP contribution in [0.15, 0.2) is 91.0 Å². The molecule has 0 amide bonds. The third-order valence-electron chi connectivity index (χ3n) is 4.14. The lowest BCUT2D eigenvalue weighted by atomic mass is 10.0. The summed E-state index contributed by atoms with van der Waals surface area (Å²) in [6.45, 7) is 0. The maximum Gasteiger partial charge on any atom is 0.537 e. The molecule has 0 saturated heterocycles. The highest BCUT2D eigenvalue weighted by molar-refractivity contribution is 6.75. The first-order valence-electron chi connectivity index (χ1n) is 8.22. The summed E-state index contributed by atoms with van der Waals surface area (Å²) < 4.78 is 18.3. The Hall–Kier alpha value is -2.24. The minimum absolute atomic E-state index is 0.269. The Bertz CT molecular complexity index is 719. The number of rotatable bonds is 7. The van der Waals surface area contributed by atoms with Gasteiger partial charge in [-0.15, -0.1) is 0 Å². The lowest BCUT2D eigenvalue weighted by Gasteiger charge is -2.31. The van der Waals surface area contributed by atoms with Crippen LogP contribution >= 0.6 is 0 Å². The zero-order valence-electron chi connectivity index (χ0n) is 14.5. The Balaban J connectivity index is 2.04. The molecule has 3 aromatic rings. The molecule has 0 bridgehead atoms. The molecular weight excluding hydrogens is 328 g/mol. The summed E-state index contributed by atoms with van der Waals surface area (Å²) in [6.07, 6.45) is -0.269. The van der Waals surface area contributed by atoms with E-state index in [1.165, 1.54) is 0 Å². The van der Waals surface area contributed by atoms with E-state index in [2.05, 4.69) is 24.3 Å². The highest BCUT2D eigenvalue weighted by atomic mass is 28.4. The molecule has 4 heteroatoms. The highest BCUT2D eigenvalue weighted by Gasteiger charge is 2.44. The Labute approximate surface area is 150 Å². The Kier molecular flexibility index (Phi) is 5.78. The molecule has 3 aromatic carbocycles. The van der Waals surface area contributed by atoms with Crippen molar-refractivity contribution in [3.8, 4) is 0 Å². The molecule has 0 aliphatic rings. The van der Waals surface area contributed by atoms with Gasteiger partial charge in [-0.1, -0.05) is 91.0 Å². The smallest absolute Gasteiger partial charge is 0.373 e. The van der Waals surface area contributed by atoms with Crippen LogP contribution in [0.2, 0.25) is 0 Å². The summed E-state index contributed by atoms with van der Waals surface area (Å²) in [5, 5.41) is 0.942. The summed E-state index contributed by atoms with van der Waals surface area (Å²) in [5.74, 6) is 0. The molecule has 0 heterocycles.